The van der Waals surface area contributed by atoms with E-state index in [1.54, 1.807) is 36.1 Å². The van der Waals surface area contributed by atoms with Gasteiger partial charge in [0.25, 0.3) is 10.0 Å². The van der Waals surface area contributed by atoms with Gasteiger partial charge in [-0.25, -0.2) is 8.42 Å². The van der Waals surface area contributed by atoms with E-state index < -0.39 is 10.0 Å². The summed E-state index contributed by atoms with van der Waals surface area (Å²) in [6.07, 6.45) is 0.772. The predicted octanol–water partition coefficient (Wildman–Crippen LogP) is 3.10. The minimum absolute atomic E-state index is 0.0546. The van der Waals surface area contributed by atoms with E-state index in [9.17, 15) is 13.2 Å². The van der Waals surface area contributed by atoms with Crippen LogP contribution in [0.15, 0.2) is 41.3 Å². The van der Waals surface area contributed by atoms with E-state index >= 15 is 0 Å². The van der Waals surface area contributed by atoms with Crippen LogP contribution in [0.25, 0.3) is 0 Å². The molecule has 7 heteroatoms. The van der Waals surface area contributed by atoms with Crippen LogP contribution in [0.1, 0.15) is 25.0 Å². The molecule has 0 atom stereocenters. The molecule has 1 heterocycles. The van der Waals surface area contributed by atoms with Crippen LogP contribution in [-0.2, 0) is 21.2 Å². The minimum atomic E-state index is -3.82. The molecule has 0 aliphatic carbocycles. The van der Waals surface area contributed by atoms with Crippen molar-refractivity contribution in [2.75, 3.05) is 22.8 Å². The first-order chi connectivity index (χ1) is 12.3. The number of aryl methyl sites for hydroxylation is 1. The normalized spacial score (nSPS) is 13.4. The summed E-state index contributed by atoms with van der Waals surface area (Å²) >= 11 is 0. The lowest BCUT2D eigenvalue weighted by Gasteiger charge is -2.17. The first-order valence-corrected chi connectivity index (χ1v) is 9.97. The zero-order valence-electron chi connectivity index (χ0n) is 15.1. The molecule has 2 aromatic carbocycles. The van der Waals surface area contributed by atoms with Crippen molar-refractivity contribution < 1.29 is 17.9 Å². The first kappa shape index (κ1) is 18.3. The van der Waals surface area contributed by atoms with Gasteiger partial charge in [-0.1, -0.05) is 12.1 Å². The van der Waals surface area contributed by atoms with E-state index in [1.165, 1.54) is 6.92 Å². The highest BCUT2D eigenvalue weighted by Gasteiger charge is 2.24. The highest BCUT2D eigenvalue weighted by atomic mass is 32.2. The molecule has 0 bridgehead atoms. The maximum Gasteiger partial charge on any atom is 0.265 e. The van der Waals surface area contributed by atoms with Gasteiger partial charge in [0.1, 0.15) is 10.6 Å². The van der Waals surface area contributed by atoms with Gasteiger partial charge in [-0.05, 0) is 55.7 Å². The Balaban J connectivity index is 1.95. The third-order valence-electron chi connectivity index (χ3n) is 4.30. The molecule has 1 aliphatic rings. The lowest BCUT2D eigenvalue weighted by atomic mass is 10.1. The van der Waals surface area contributed by atoms with Gasteiger partial charge in [-0.15, -0.1) is 0 Å². The molecule has 0 spiro atoms. The lowest BCUT2D eigenvalue weighted by molar-refractivity contribution is -0.116. The number of rotatable bonds is 5. The Hall–Kier alpha value is -2.54. The van der Waals surface area contributed by atoms with Gasteiger partial charge in [0, 0.05) is 19.2 Å². The van der Waals surface area contributed by atoms with Gasteiger partial charge < -0.3 is 9.64 Å². The van der Waals surface area contributed by atoms with E-state index in [0.717, 1.165) is 23.2 Å². The molecular weight excluding hydrogens is 352 g/mol. The lowest BCUT2D eigenvalue weighted by Crippen LogP contribution is -2.25. The summed E-state index contributed by atoms with van der Waals surface area (Å²) in [7, 11) is -3.82. The number of sulfonamides is 1. The van der Waals surface area contributed by atoms with Crippen molar-refractivity contribution >= 4 is 27.3 Å². The Morgan fingerprint density at radius 2 is 2.00 bits per heavy atom. The number of carbonyl (C=O) groups excluding carboxylic acids is 1. The average Bonchev–Trinajstić information content (AvgIpc) is 2.99. The average molecular weight is 374 g/mol. The Kier molecular flexibility index (Phi) is 4.91. The van der Waals surface area contributed by atoms with Crippen molar-refractivity contribution in [1.29, 1.82) is 0 Å². The summed E-state index contributed by atoms with van der Waals surface area (Å²) < 4.78 is 33.9. The van der Waals surface area contributed by atoms with Crippen LogP contribution in [-0.4, -0.2) is 27.5 Å². The number of fused-ring (bicyclic) bond motifs is 1. The van der Waals surface area contributed by atoms with Gasteiger partial charge in [-0.3, -0.25) is 9.52 Å². The number of amides is 1. The van der Waals surface area contributed by atoms with Gasteiger partial charge in [-0.2, -0.15) is 0 Å². The van der Waals surface area contributed by atoms with Crippen LogP contribution in [0.4, 0.5) is 11.4 Å². The number of hydrogen-bond donors (Lipinski definition) is 1. The number of hydrogen-bond acceptors (Lipinski definition) is 4. The highest BCUT2D eigenvalue weighted by Crippen LogP contribution is 2.33. The Labute approximate surface area is 153 Å². The van der Waals surface area contributed by atoms with E-state index in [1.807, 2.05) is 19.1 Å². The van der Waals surface area contributed by atoms with Gasteiger partial charge >= 0.3 is 0 Å². The second-order valence-electron chi connectivity index (χ2n) is 6.25. The summed E-state index contributed by atoms with van der Waals surface area (Å²) in [5, 5.41) is 0. The van der Waals surface area contributed by atoms with E-state index in [-0.39, 0.29) is 10.8 Å². The first-order valence-electron chi connectivity index (χ1n) is 8.49. The topological polar surface area (TPSA) is 75.7 Å². The van der Waals surface area contributed by atoms with Gasteiger partial charge in [0.15, 0.2) is 0 Å². The molecule has 1 amide bonds. The standard InChI is InChI=1S/C19H22N2O4S/c1-4-25-18-8-5-13(2)11-19(18)26(23,24)20-16-7-6-15-9-10-21(14(3)22)17(15)12-16/h5-8,11-12,20H,4,9-10H2,1-3H3. The summed E-state index contributed by atoms with van der Waals surface area (Å²) in [6.45, 7) is 6.13. The Morgan fingerprint density at radius 3 is 2.69 bits per heavy atom. The monoisotopic (exact) mass is 374 g/mol. The number of anilines is 2. The van der Waals surface area contributed by atoms with Crippen LogP contribution in [0, 0.1) is 6.92 Å². The number of nitrogens with one attached hydrogen (secondary N) is 1. The largest absolute Gasteiger partial charge is 0.492 e. The van der Waals surface area contributed by atoms with Gasteiger partial charge in [0.05, 0.1) is 12.3 Å². The molecular formula is C19H22N2O4S. The number of carbonyl (C=O) groups is 1. The number of benzene rings is 2. The van der Waals surface area contributed by atoms with E-state index in [0.29, 0.717) is 24.6 Å². The summed E-state index contributed by atoms with van der Waals surface area (Å²) in [5.74, 6) is 0.262. The zero-order valence-corrected chi connectivity index (χ0v) is 15.9. The molecule has 138 valence electrons. The quantitative estimate of drug-likeness (QED) is 0.873. The van der Waals surface area contributed by atoms with Crippen molar-refractivity contribution in [3.63, 3.8) is 0 Å². The second kappa shape index (κ2) is 6.99. The third kappa shape index (κ3) is 3.53. The minimum Gasteiger partial charge on any atom is -0.492 e. The second-order valence-corrected chi connectivity index (χ2v) is 7.90. The van der Waals surface area contributed by atoms with Crippen molar-refractivity contribution in [1.82, 2.24) is 0 Å². The smallest absolute Gasteiger partial charge is 0.265 e. The highest BCUT2D eigenvalue weighted by molar-refractivity contribution is 7.92. The van der Waals surface area contributed by atoms with E-state index in [2.05, 4.69) is 4.72 Å². The van der Waals surface area contributed by atoms with Crippen LogP contribution >= 0.6 is 0 Å². The van der Waals surface area contributed by atoms with Crippen molar-refractivity contribution in [2.45, 2.75) is 32.1 Å². The molecule has 0 saturated heterocycles. The fraction of sp³-hybridized carbons (Fsp3) is 0.316. The molecule has 1 N–H and O–H groups in total. The maximum atomic E-state index is 12.9. The van der Waals surface area contributed by atoms with Crippen molar-refractivity contribution in [3.8, 4) is 5.75 Å². The van der Waals surface area contributed by atoms with Crippen LogP contribution in [0.3, 0.4) is 0 Å². The van der Waals surface area contributed by atoms with Crippen molar-refractivity contribution in [2.24, 2.45) is 0 Å². The molecule has 0 saturated carbocycles. The van der Waals surface area contributed by atoms with E-state index in [4.69, 9.17) is 4.74 Å². The molecule has 26 heavy (non-hydrogen) atoms. The summed E-state index contributed by atoms with van der Waals surface area (Å²) in [4.78, 5) is 13.5. The predicted molar refractivity (Wildman–Crippen MR) is 101 cm³/mol. The van der Waals surface area contributed by atoms with Gasteiger partial charge in [0.2, 0.25) is 5.91 Å². The molecule has 2 aromatic rings. The maximum absolute atomic E-state index is 12.9. The molecule has 3 rings (SSSR count). The SMILES string of the molecule is CCOc1ccc(C)cc1S(=O)(=O)Nc1ccc2c(c1)N(C(C)=O)CC2. The molecule has 6 nitrogen and oxygen atoms in total. The third-order valence-corrected chi connectivity index (χ3v) is 5.70. The fourth-order valence-electron chi connectivity index (χ4n) is 3.08. The fourth-order valence-corrected chi connectivity index (χ4v) is 4.36. The van der Waals surface area contributed by atoms with Crippen LogP contribution in [0.5, 0.6) is 5.75 Å². The van der Waals surface area contributed by atoms with Crippen LogP contribution in [0.2, 0.25) is 0 Å². The number of nitrogens with zero attached hydrogens (tertiary/aromatic N) is 1. The zero-order chi connectivity index (χ0) is 18.9. The van der Waals surface area contributed by atoms with Crippen LogP contribution < -0.4 is 14.4 Å². The molecule has 0 aromatic heterocycles. The Bertz CT molecular complexity index is 954. The molecule has 1 aliphatic heterocycles. The Morgan fingerprint density at radius 1 is 1.23 bits per heavy atom. The molecule has 0 unspecified atom stereocenters. The molecule has 0 fully saturated rings. The molecule has 0 radical (unpaired) electrons. The number of ether oxygens (including phenoxy) is 1. The summed E-state index contributed by atoms with van der Waals surface area (Å²) in [5.41, 5.74) is 3.03. The van der Waals surface area contributed by atoms with Crippen molar-refractivity contribution in [3.05, 3.63) is 47.5 Å². The summed E-state index contributed by atoms with van der Waals surface area (Å²) in [6, 6.07) is 10.3.